The normalized spacial score (nSPS) is 14.9. The van der Waals surface area contributed by atoms with Crippen LogP contribution in [0.25, 0.3) is 0 Å². The second-order valence-electron chi connectivity index (χ2n) is 7.38. The van der Waals surface area contributed by atoms with E-state index in [1.54, 1.807) is 6.07 Å². The first kappa shape index (κ1) is 21.9. The Labute approximate surface area is 180 Å². The minimum absolute atomic E-state index is 0.0934. The number of fused-ring (bicyclic) bond motifs is 1. The number of hydrogen-bond acceptors (Lipinski definition) is 5. The van der Waals surface area contributed by atoms with Crippen LogP contribution in [0.4, 0.5) is 16.2 Å². The molecule has 0 aliphatic carbocycles. The summed E-state index contributed by atoms with van der Waals surface area (Å²) < 4.78 is 5.35. The minimum atomic E-state index is -0.724. The summed E-state index contributed by atoms with van der Waals surface area (Å²) in [7, 11) is 3.83. The van der Waals surface area contributed by atoms with Gasteiger partial charge >= 0.3 is 6.03 Å². The molecule has 3 rings (SSSR count). The summed E-state index contributed by atoms with van der Waals surface area (Å²) in [5.74, 6) is -0.0501. The van der Waals surface area contributed by atoms with Crippen molar-refractivity contribution in [1.82, 2.24) is 10.2 Å². The van der Waals surface area contributed by atoms with E-state index in [0.29, 0.717) is 23.7 Å². The molecule has 4 N–H and O–H groups in total. The van der Waals surface area contributed by atoms with Crippen LogP contribution in [-0.2, 0) is 4.79 Å². The van der Waals surface area contributed by atoms with Crippen LogP contribution in [0.3, 0.4) is 0 Å². The Hall–Kier alpha value is -2.81. The average Bonchev–Trinajstić information content (AvgIpc) is 2.71. The van der Waals surface area contributed by atoms with Crippen LogP contribution in [0.1, 0.15) is 11.7 Å². The average molecular weight is 433 g/mol. The number of nitrogens with zero attached hydrogens (tertiary/aromatic N) is 1. The van der Waals surface area contributed by atoms with Gasteiger partial charge in [-0.3, -0.25) is 4.79 Å². The molecule has 1 heterocycles. The highest BCUT2D eigenvalue weighted by atomic mass is 35.5. The first-order chi connectivity index (χ1) is 14.3. The minimum Gasteiger partial charge on any atom is -0.482 e. The molecular weight excluding hydrogens is 408 g/mol. The molecule has 0 aromatic heterocycles. The van der Waals surface area contributed by atoms with Crippen LogP contribution < -0.4 is 20.7 Å². The molecule has 0 radical (unpaired) electrons. The number of carbonyl (C=O) groups excluding carboxylic acids is 2. The van der Waals surface area contributed by atoms with E-state index >= 15 is 0 Å². The van der Waals surface area contributed by atoms with Gasteiger partial charge in [-0.15, -0.1) is 0 Å². The Kier molecular flexibility index (Phi) is 7.15. The molecule has 1 aliphatic heterocycles. The number of rotatable bonds is 7. The van der Waals surface area contributed by atoms with Crippen molar-refractivity contribution in [1.29, 1.82) is 0 Å². The van der Waals surface area contributed by atoms with Gasteiger partial charge in [0.1, 0.15) is 5.75 Å². The highest BCUT2D eigenvalue weighted by Gasteiger charge is 2.23. The number of amides is 3. The monoisotopic (exact) mass is 432 g/mol. The van der Waals surface area contributed by atoms with Gasteiger partial charge in [-0.25, -0.2) is 4.79 Å². The molecular formula is C21H25ClN4O4. The number of anilines is 2. The van der Waals surface area contributed by atoms with Crippen molar-refractivity contribution < 1.29 is 19.4 Å². The molecule has 0 unspecified atom stereocenters. The van der Waals surface area contributed by atoms with Gasteiger partial charge in [-0.2, -0.15) is 0 Å². The van der Waals surface area contributed by atoms with Crippen molar-refractivity contribution in [2.24, 2.45) is 5.92 Å². The number of ether oxygens (including phenoxy) is 1. The van der Waals surface area contributed by atoms with Gasteiger partial charge < -0.3 is 30.7 Å². The number of urea groups is 1. The molecule has 1 aliphatic rings. The molecule has 2 atom stereocenters. The summed E-state index contributed by atoms with van der Waals surface area (Å²) in [6.07, 6.45) is -0.724. The highest BCUT2D eigenvalue weighted by Crippen LogP contribution is 2.36. The highest BCUT2D eigenvalue weighted by molar-refractivity contribution is 6.34. The summed E-state index contributed by atoms with van der Waals surface area (Å²) >= 11 is 6.22. The van der Waals surface area contributed by atoms with Crippen molar-refractivity contribution in [3.8, 4) is 5.75 Å². The van der Waals surface area contributed by atoms with Crippen LogP contribution >= 0.6 is 11.6 Å². The second-order valence-corrected chi connectivity index (χ2v) is 7.79. The van der Waals surface area contributed by atoms with Crippen LogP contribution in [-0.4, -0.2) is 55.7 Å². The zero-order valence-corrected chi connectivity index (χ0v) is 17.6. The van der Waals surface area contributed by atoms with Gasteiger partial charge in [-0.05, 0) is 25.7 Å². The molecule has 3 amide bonds. The lowest BCUT2D eigenvalue weighted by Crippen LogP contribution is -2.39. The third-order valence-electron chi connectivity index (χ3n) is 4.66. The molecule has 0 saturated carbocycles. The molecule has 2 aromatic carbocycles. The fourth-order valence-electron chi connectivity index (χ4n) is 3.25. The number of hydrogen-bond donors (Lipinski definition) is 4. The third-order valence-corrected chi connectivity index (χ3v) is 4.98. The van der Waals surface area contributed by atoms with Gasteiger partial charge in [0.25, 0.3) is 5.91 Å². The quantitative estimate of drug-likeness (QED) is 0.538. The van der Waals surface area contributed by atoms with Gasteiger partial charge in [-0.1, -0.05) is 41.9 Å². The predicted octanol–water partition coefficient (Wildman–Crippen LogP) is 2.70. The first-order valence-corrected chi connectivity index (χ1v) is 9.90. The maximum atomic E-state index is 12.4. The lowest BCUT2D eigenvalue weighted by atomic mass is 9.95. The standard InChI is InChI=1S/C21H25ClN4O4/c1-26(2)11-14(20(28)13-6-4-3-5-7-13)10-23-21(29)25-16-9-18-17(8-15(16)22)24-19(27)12-30-18/h3-9,14,20,28H,10-12H2,1-2H3,(H,24,27)(H2,23,25,29)/t14-,20-/m1/s1. The fourth-order valence-corrected chi connectivity index (χ4v) is 3.46. The number of carbonyl (C=O) groups is 2. The molecule has 0 bridgehead atoms. The van der Waals surface area contributed by atoms with Crippen molar-refractivity contribution in [3.05, 3.63) is 53.1 Å². The molecule has 0 fully saturated rings. The lowest BCUT2D eigenvalue weighted by molar-refractivity contribution is -0.118. The predicted molar refractivity (Wildman–Crippen MR) is 116 cm³/mol. The fraction of sp³-hybridized carbons (Fsp3) is 0.333. The Morgan fingerprint density at radius 1 is 1.30 bits per heavy atom. The molecule has 0 saturated heterocycles. The maximum Gasteiger partial charge on any atom is 0.319 e. The Balaban J connectivity index is 1.64. The van der Waals surface area contributed by atoms with Crippen molar-refractivity contribution in [3.63, 3.8) is 0 Å². The van der Waals surface area contributed by atoms with E-state index in [0.717, 1.165) is 5.56 Å². The molecule has 2 aromatic rings. The van der Waals surface area contributed by atoms with E-state index in [9.17, 15) is 14.7 Å². The Bertz CT molecular complexity index is 907. The van der Waals surface area contributed by atoms with Crippen LogP contribution in [0, 0.1) is 5.92 Å². The van der Waals surface area contributed by atoms with E-state index in [1.165, 1.54) is 6.07 Å². The number of nitrogens with one attached hydrogen (secondary N) is 3. The van der Waals surface area contributed by atoms with E-state index in [4.69, 9.17) is 16.3 Å². The van der Waals surface area contributed by atoms with Gasteiger partial charge in [0, 0.05) is 25.1 Å². The topological polar surface area (TPSA) is 103 Å². The summed E-state index contributed by atoms with van der Waals surface area (Å²) in [6, 6.07) is 12.0. The largest absolute Gasteiger partial charge is 0.482 e. The molecule has 9 heteroatoms. The third kappa shape index (κ3) is 5.63. The maximum absolute atomic E-state index is 12.4. The Morgan fingerprint density at radius 2 is 2.03 bits per heavy atom. The van der Waals surface area contributed by atoms with Gasteiger partial charge in [0.15, 0.2) is 6.61 Å². The Morgan fingerprint density at radius 3 is 2.73 bits per heavy atom. The summed E-state index contributed by atoms with van der Waals surface area (Å²) in [6.45, 7) is 0.753. The molecule has 30 heavy (non-hydrogen) atoms. The lowest BCUT2D eigenvalue weighted by Gasteiger charge is -2.26. The van der Waals surface area contributed by atoms with E-state index < -0.39 is 12.1 Å². The van der Waals surface area contributed by atoms with Crippen molar-refractivity contribution >= 4 is 34.9 Å². The summed E-state index contributed by atoms with van der Waals surface area (Å²) in [5, 5.41) is 19.2. The van der Waals surface area contributed by atoms with E-state index in [1.807, 2.05) is 49.3 Å². The zero-order chi connectivity index (χ0) is 21.7. The van der Waals surface area contributed by atoms with Crippen LogP contribution in [0.15, 0.2) is 42.5 Å². The SMILES string of the molecule is CN(C)C[C@@H](CNC(=O)Nc1cc2c(cc1Cl)NC(=O)CO2)[C@H](O)c1ccccc1. The summed E-state index contributed by atoms with van der Waals surface area (Å²) in [4.78, 5) is 25.8. The first-order valence-electron chi connectivity index (χ1n) is 9.52. The smallest absolute Gasteiger partial charge is 0.319 e. The number of aliphatic hydroxyl groups excluding tert-OH is 1. The van der Waals surface area contributed by atoms with Gasteiger partial charge in [0.2, 0.25) is 0 Å². The number of halogens is 1. The molecule has 0 spiro atoms. The molecule has 8 nitrogen and oxygen atoms in total. The van der Waals surface area contributed by atoms with E-state index in [-0.39, 0.29) is 30.0 Å². The second kappa shape index (κ2) is 9.80. The number of aliphatic hydroxyl groups is 1. The van der Waals surface area contributed by atoms with E-state index in [2.05, 4.69) is 16.0 Å². The van der Waals surface area contributed by atoms with Crippen molar-refractivity contribution in [2.45, 2.75) is 6.10 Å². The van der Waals surface area contributed by atoms with Gasteiger partial charge in [0.05, 0.1) is 22.5 Å². The number of benzene rings is 2. The van der Waals surface area contributed by atoms with Crippen LogP contribution in [0.2, 0.25) is 5.02 Å². The molecule has 160 valence electrons. The summed E-state index contributed by atoms with van der Waals surface area (Å²) in [5.41, 5.74) is 1.61. The van der Waals surface area contributed by atoms with Crippen LogP contribution in [0.5, 0.6) is 5.75 Å². The zero-order valence-electron chi connectivity index (χ0n) is 16.8. The van der Waals surface area contributed by atoms with Crippen molar-refractivity contribution in [2.75, 3.05) is 44.4 Å².